The Morgan fingerprint density at radius 1 is 1.47 bits per heavy atom. The van der Waals surface area contributed by atoms with Gasteiger partial charge in [0.15, 0.2) is 0 Å². The highest BCUT2D eigenvalue weighted by Crippen LogP contribution is 2.15. The van der Waals surface area contributed by atoms with Gasteiger partial charge in [0.05, 0.1) is 12.2 Å². The highest BCUT2D eigenvalue weighted by atomic mass is 16.5. The molecule has 2 heterocycles. The second kappa shape index (κ2) is 5.44. The van der Waals surface area contributed by atoms with Gasteiger partial charge >= 0.3 is 0 Å². The number of hydrogen-bond donors (Lipinski definition) is 2. The van der Waals surface area contributed by atoms with Crippen molar-refractivity contribution in [1.29, 1.82) is 0 Å². The maximum Gasteiger partial charge on any atom is 0.140 e. The summed E-state index contributed by atoms with van der Waals surface area (Å²) in [6.07, 6.45) is 2.37. The largest absolute Gasteiger partial charge is 0.373 e. The number of rotatable bonds is 3. The molecule has 0 unspecified atom stereocenters. The quantitative estimate of drug-likeness (QED) is 0.605. The first-order valence-electron chi connectivity index (χ1n) is 5.96. The van der Waals surface area contributed by atoms with E-state index < -0.39 is 0 Å². The lowest BCUT2D eigenvalue weighted by molar-refractivity contribution is -0.0704. The fourth-order valence-corrected chi connectivity index (χ4v) is 2.32. The van der Waals surface area contributed by atoms with Crippen molar-refractivity contribution >= 4 is 5.82 Å². The standard InChI is InChI=1S/C12H20N4O/c1-9-6-16(7-10(2)17-9)8-11-3-4-14-12(5-11)15-13/h3-5,9-10H,6-8,13H2,1-2H3,(H,14,15)/t9-,10+. The van der Waals surface area contributed by atoms with Gasteiger partial charge < -0.3 is 10.2 Å². The van der Waals surface area contributed by atoms with Crippen LogP contribution < -0.4 is 11.3 Å². The molecule has 1 saturated heterocycles. The SMILES string of the molecule is C[C@@H]1CN(Cc2ccnc(NN)c2)C[C@H](C)O1. The number of nitrogens with one attached hydrogen (secondary N) is 1. The highest BCUT2D eigenvalue weighted by Gasteiger charge is 2.21. The summed E-state index contributed by atoms with van der Waals surface area (Å²) in [5.41, 5.74) is 3.78. The van der Waals surface area contributed by atoms with Crippen molar-refractivity contribution in [2.45, 2.75) is 32.6 Å². The molecule has 1 fully saturated rings. The van der Waals surface area contributed by atoms with E-state index >= 15 is 0 Å². The van der Waals surface area contributed by atoms with E-state index in [-0.39, 0.29) is 0 Å². The molecule has 0 radical (unpaired) electrons. The summed E-state index contributed by atoms with van der Waals surface area (Å²) in [5.74, 6) is 6.06. The van der Waals surface area contributed by atoms with Gasteiger partial charge in [0.2, 0.25) is 0 Å². The van der Waals surface area contributed by atoms with Crippen LogP contribution in [0.1, 0.15) is 19.4 Å². The minimum absolute atomic E-state index is 0.299. The van der Waals surface area contributed by atoms with Crippen LogP contribution in [0.25, 0.3) is 0 Å². The smallest absolute Gasteiger partial charge is 0.140 e. The maximum atomic E-state index is 5.71. The van der Waals surface area contributed by atoms with E-state index in [0.717, 1.165) is 19.6 Å². The van der Waals surface area contributed by atoms with Gasteiger partial charge in [-0.2, -0.15) is 0 Å². The van der Waals surface area contributed by atoms with Gasteiger partial charge in [0.1, 0.15) is 5.82 Å². The van der Waals surface area contributed by atoms with E-state index in [1.54, 1.807) is 6.20 Å². The normalized spacial score (nSPS) is 25.8. The summed E-state index contributed by atoms with van der Waals surface area (Å²) >= 11 is 0. The molecule has 1 aromatic heterocycles. The zero-order valence-electron chi connectivity index (χ0n) is 10.4. The first-order valence-corrected chi connectivity index (χ1v) is 5.96. The molecule has 3 N–H and O–H groups in total. The fraction of sp³-hybridized carbons (Fsp3) is 0.583. The molecule has 1 aromatic rings. The maximum absolute atomic E-state index is 5.71. The van der Waals surface area contributed by atoms with Crippen molar-refractivity contribution in [3.05, 3.63) is 23.9 Å². The van der Waals surface area contributed by atoms with Crippen molar-refractivity contribution < 1.29 is 4.74 Å². The molecule has 0 spiro atoms. The molecule has 1 aliphatic rings. The van der Waals surface area contributed by atoms with Gasteiger partial charge in [-0.1, -0.05) is 0 Å². The van der Waals surface area contributed by atoms with E-state index in [4.69, 9.17) is 10.6 Å². The number of anilines is 1. The molecule has 2 rings (SSSR count). The highest BCUT2D eigenvalue weighted by molar-refractivity contribution is 5.35. The summed E-state index contributed by atoms with van der Waals surface area (Å²) in [6.45, 7) is 7.08. The molecule has 0 aromatic carbocycles. The van der Waals surface area contributed by atoms with Gasteiger partial charge in [-0.25, -0.2) is 10.8 Å². The first-order chi connectivity index (χ1) is 8.17. The molecular formula is C12H20N4O. The Morgan fingerprint density at radius 3 is 2.82 bits per heavy atom. The van der Waals surface area contributed by atoms with E-state index in [1.807, 2.05) is 12.1 Å². The molecule has 5 heteroatoms. The summed E-state index contributed by atoms with van der Waals surface area (Å²) in [4.78, 5) is 6.50. The molecule has 2 atom stereocenters. The molecule has 0 bridgehead atoms. The molecule has 0 aliphatic carbocycles. The van der Waals surface area contributed by atoms with Crippen molar-refractivity contribution in [2.75, 3.05) is 18.5 Å². The van der Waals surface area contributed by atoms with Crippen LogP contribution in [-0.4, -0.2) is 35.2 Å². The molecule has 0 amide bonds. The first kappa shape index (κ1) is 12.3. The number of aromatic nitrogens is 1. The number of ether oxygens (including phenoxy) is 1. The second-order valence-electron chi connectivity index (χ2n) is 4.65. The molecule has 1 aliphatic heterocycles. The number of morpholine rings is 1. The van der Waals surface area contributed by atoms with Gasteiger partial charge in [0, 0.05) is 25.8 Å². The van der Waals surface area contributed by atoms with Crippen LogP contribution in [0.4, 0.5) is 5.82 Å². The van der Waals surface area contributed by atoms with Gasteiger partial charge in [0.25, 0.3) is 0 Å². The number of nitrogen functional groups attached to an aromatic ring is 1. The Hall–Kier alpha value is -1.17. The Kier molecular flexibility index (Phi) is 3.93. The van der Waals surface area contributed by atoms with Gasteiger partial charge in [-0.15, -0.1) is 0 Å². The third kappa shape index (κ3) is 3.39. The van der Waals surface area contributed by atoms with Crippen molar-refractivity contribution in [1.82, 2.24) is 9.88 Å². The van der Waals surface area contributed by atoms with Crippen molar-refractivity contribution in [2.24, 2.45) is 5.84 Å². The number of hydrogen-bond acceptors (Lipinski definition) is 5. The molecule has 0 saturated carbocycles. The van der Waals surface area contributed by atoms with Crippen LogP contribution >= 0.6 is 0 Å². The summed E-state index contributed by atoms with van der Waals surface area (Å²) in [6, 6.07) is 4.00. The summed E-state index contributed by atoms with van der Waals surface area (Å²) in [5, 5.41) is 0. The fourth-order valence-electron chi connectivity index (χ4n) is 2.32. The van der Waals surface area contributed by atoms with Crippen LogP contribution in [0.2, 0.25) is 0 Å². The lowest BCUT2D eigenvalue weighted by Crippen LogP contribution is -2.44. The number of hydrazine groups is 1. The zero-order valence-corrected chi connectivity index (χ0v) is 10.4. The third-order valence-electron chi connectivity index (χ3n) is 2.87. The Labute approximate surface area is 102 Å². The van der Waals surface area contributed by atoms with Crippen LogP contribution in [0.3, 0.4) is 0 Å². The topological polar surface area (TPSA) is 63.4 Å². The third-order valence-corrected chi connectivity index (χ3v) is 2.87. The monoisotopic (exact) mass is 236 g/mol. The molecule has 94 valence electrons. The van der Waals surface area contributed by atoms with E-state index in [1.165, 1.54) is 5.56 Å². The van der Waals surface area contributed by atoms with Crippen LogP contribution in [0, 0.1) is 0 Å². The minimum atomic E-state index is 0.299. The Bertz CT molecular complexity index is 361. The number of nitrogens with zero attached hydrogens (tertiary/aromatic N) is 2. The molecular weight excluding hydrogens is 216 g/mol. The van der Waals surface area contributed by atoms with Gasteiger partial charge in [-0.3, -0.25) is 4.90 Å². The van der Waals surface area contributed by atoms with E-state index in [0.29, 0.717) is 18.0 Å². The Morgan fingerprint density at radius 2 is 2.18 bits per heavy atom. The lowest BCUT2D eigenvalue weighted by Gasteiger charge is -2.35. The average molecular weight is 236 g/mol. The lowest BCUT2D eigenvalue weighted by atomic mass is 10.2. The predicted octanol–water partition coefficient (Wildman–Crippen LogP) is 0.976. The average Bonchev–Trinajstić information content (AvgIpc) is 2.28. The van der Waals surface area contributed by atoms with Crippen molar-refractivity contribution in [3.8, 4) is 0 Å². The molecule has 17 heavy (non-hydrogen) atoms. The zero-order chi connectivity index (χ0) is 12.3. The minimum Gasteiger partial charge on any atom is -0.373 e. The predicted molar refractivity (Wildman–Crippen MR) is 67.3 cm³/mol. The van der Waals surface area contributed by atoms with Gasteiger partial charge in [-0.05, 0) is 31.5 Å². The van der Waals surface area contributed by atoms with Crippen molar-refractivity contribution in [3.63, 3.8) is 0 Å². The van der Waals surface area contributed by atoms with E-state index in [2.05, 4.69) is 29.2 Å². The van der Waals surface area contributed by atoms with Crippen LogP contribution in [-0.2, 0) is 11.3 Å². The molecule has 5 nitrogen and oxygen atoms in total. The Balaban J connectivity index is 1.99. The number of pyridine rings is 1. The summed E-state index contributed by atoms with van der Waals surface area (Å²) in [7, 11) is 0. The van der Waals surface area contributed by atoms with Crippen LogP contribution in [0.15, 0.2) is 18.3 Å². The second-order valence-corrected chi connectivity index (χ2v) is 4.65. The summed E-state index contributed by atoms with van der Waals surface area (Å²) < 4.78 is 5.71. The number of nitrogens with two attached hydrogens (primary N) is 1. The van der Waals surface area contributed by atoms with E-state index in [9.17, 15) is 0 Å². The van der Waals surface area contributed by atoms with Crippen LogP contribution in [0.5, 0.6) is 0 Å².